The smallest absolute Gasteiger partial charge is 0.333 e. The number of halogens is 1. The number of carbonyl (C=O) groups excluding carboxylic acids is 1. The largest absolute Gasteiger partial charge is 0.494 e. The Morgan fingerprint density at radius 3 is 2.35 bits per heavy atom. The van der Waals surface area contributed by atoms with Crippen LogP contribution in [0.1, 0.15) is 25.8 Å². The van der Waals surface area contributed by atoms with Gasteiger partial charge >= 0.3 is 5.97 Å². The lowest BCUT2D eigenvalue weighted by atomic mass is 9.91. The van der Waals surface area contributed by atoms with Crippen LogP contribution in [0.2, 0.25) is 0 Å². The third-order valence-corrected chi connectivity index (χ3v) is 4.23. The van der Waals surface area contributed by atoms with Gasteiger partial charge in [0.1, 0.15) is 11.6 Å². The lowest BCUT2D eigenvalue weighted by molar-refractivity contribution is -0.148. The predicted octanol–water partition coefficient (Wildman–Crippen LogP) is 3.35. The molecule has 0 fully saturated rings. The van der Waals surface area contributed by atoms with E-state index < -0.39 is 29.2 Å². The second kappa shape index (κ2) is 8.47. The van der Waals surface area contributed by atoms with E-state index in [1.165, 1.54) is 31.2 Å². The summed E-state index contributed by atoms with van der Waals surface area (Å²) < 4.78 is 18.7. The summed E-state index contributed by atoms with van der Waals surface area (Å²) >= 11 is 0. The molecule has 0 heterocycles. The fourth-order valence-corrected chi connectivity index (χ4v) is 2.40. The van der Waals surface area contributed by atoms with E-state index >= 15 is 0 Å². The number of carbonyl (C=O) groups is 2. The van der Waals surface area contributed by atoms with E-state index in [0.29, 0.717) is 24.3 Å². The van der Waals surface area contributed by atoms with Crippen LogP contribution in [0.3, 0.4) is 0 Å². The summed E-state index contributed by atoms with van der Waals surface area (Å²) in [6, 6.07) is 14.3. The number of carboxylic acid groups (broad SMARTS) is 1. The molecular formula is C20H22FNO4. The van der Waals surface area contributed by atoms with E-state index in [4.69, 9.17) is 4.74 Å². The Kier molecular flexibility index (Phi) is 6.33. The minimum Gasteiger partial charge on any atom is -0.494 e. The fraction of sp³-hybridized carbons (Fsp3) is 0.300. The van der Waals surface area contributed by atoms with E-state index in [1.807, 2.05) is 30.3 Å². The molecule has 0 aliphatic rings. The van der Waals surface area contributed by atoms with Crippen LogP contribution in [-0.4, -0.2) is 23.6 Å². The van der Waals surface area contributed by atoms with Crippen molar-refractivity contribution in [2.45, 2.75) is 25.8 Å². The van der Waals surface area contributed by atoms with Gasteiger partial charge in [-0.3, -0.25) is 4.79 Å². The predicted molar refractivity (Wildman–Crippen MR) is 95.2 cm³/mol. The van der Waals surface area contributed by atoms with Gasteiger partial charge in [0, 0.05) is 5.92 Å². The maximum atomic E-state index is 13.1. The van der Waals surface area contributed by atoms with Crippen molar-refractivity contribution in [3.05, 3.63) is 66.0 Å². The quantitative estimate of drug-likeness (QED) is 0.758. The number of hydrogen-bond donors (Lipinski definition) is 2. The van der Waals surface area contributed by atoms with Gasteiger partial charge in [-0.05, 0) is 43.2 Å². The second-order valence-electron chi connectivity index (χ2n) is 6.28. The summed E-state index contributed by atoms with van der Waals surface area (Å²) in [5.41, 5.74) is -1.34. The number of hydrogen-bond acceptors (Lipinski definition) is 3. The Morgan fingerprint density at radius 1 is 1.15 bits per heavy atom. The maximum Gasteiger partial charge on any atom is 0.333 e. The zero-order valence-corrected chi connectivity index (χ0v) is 14.7. The Morgan fingerprint density at radius 2 is 1.77 bits per heavy atom. The molecule has 2 aromatic rings. The lowest BCUT2D eigenvalue weighted by Crippen LogP contribution is -2.51. The number of aliphatic carboxylic acids is 1. The van der Waals surface area contributed by atoms with Crippen LogP contribution in [0.25, 0.3) is 0 Å². The molecule has 0 radical (unpaired) electrons. The lowest BCUT2D eigenvalue weighted by Gasteiger charge is -2.28. The summed E-state index contributed by atoms with van der Waals surface area (Å²) in [4.78, 5) is 24.2. The van der Waals surface area contributed by atoms with Crippen molar-refractivity contribution in [3.8, 4) is 5.75 Å². The van der Waals surface area contributed by atoms with E-state index in [2.05, 4.69) is 5.32 Å². The molecule has 1 amide bonds. The molecule has 0 bridgehead atoms. The highest BCUT2D eigenvalue weighted by molar-refractivity contribution is 5.88. The summed E-state index contributed by atoms with van der Waals surface area (Å²) in [7, 11) is 0. The Hall–Kier alpha value is -2.89. The third-order valence-electron chi connectivity index (χ3n) is 4.23. The number of nitrogens with one attached hydrogen (secondary N) is 1. The van der Waals surface area contributed by atoms with Crippen LogP contribution in [0.15, 0.2) is 54.6 Å². The van der Waals surface area contributed by atoms with Crippen LogP contribution in [0.5, 0.6) is 5.75 Å². The van der Waals surface area contributed by atoms with E-state index in [0.717, 1.165) is 0 Å². The van der Waals surface area contributed by atoms with Gasteiger partial charge < -0.3 is 15.2 Å². The summed E-state index contributed by atoms with van der Waals surface area (Å²) in [5.74, 6) is -1.83. The Labute approximate surface area is 151 Å². The molecule has 0 aromatic heterocycles. The SMILES string of the molecule is CC(CCOc1ccccc1)C(=O)NC(C)(C(=O)O)c1ccc(F)cc1. The molecule has 2 unspecified atom stereocenters. The number of carboxylic acids is 1. The van der Waals surface area contributed by atoms with Gasteiger partial charge in [0.25, 0.3) is 0 Å². The van der Waals surface area contributed by atoms with E-state index in [-0.39, 0.29) is 0 Å². The number of para-hydroxylation sites is 1. The topological polar surface area (TPSA) is 75.6 Å². The third kappa shape index (κ3) is 4.81. The molecule has 2 aromatic carbocycles. The molecule has 0 spiro atoms. The molecule has 138 valence electrons. The van der Waals surface area contributed by atoms with Crippen molar-refractivity contribution in [2.75, 3.05) is 6.61 Å². The maximum absolute atomic E-state index is 13.1. The molecule has 2 atom stereocenters. The summed E-state index contributed by atoms with van der Waals surface area (Å²) in [6.45, 7) is 3.42. The van der Waals surface area contributed by atoms with Crippen LogP contribution in [0.4, 0.5) is 4.39 Å². The molecule has 0 saturated heterocycles. The Bertz CT molecular complexity index is 748. The number of amides is 1. The zero-order chi connectivity index (χ0) is 19.2. The standard InChI is InChI=1S/C20H22FNO4/c1-14(12-13-26-17-6-4-3-5-7-17)18(23)22-20(2,19(24)25)15-8-10-16(21)11-9-15/h3-11,14H,12-13H2,1-2H3,(H,22,23)(H,24,25). The summed E-state index contributed by atoms with van der Waals surface area (Å²) in [6.07, 6.45) is 0.430. The van der Waals surface area contributed by atoms with Gasteiger partial charge in [0.15, 0.2) is 5.54 Å². The van der Waals surface area contributed by atoms with Gasteiger partial charge in [-0.2, -0.15) is 0 Å². The molecular weight excluding hydrogens is 337 g/mol. The molecule has 26 heavy (non-hydrogen) atoms. The number of ether oxygens (including phenoxy) is 1. The van der Waals surface area contributed by atoms with Gasteiger partial charge in [-0.1, -0.05) is 37.3 Å². The second-order valence-corrected chi connectivity index (χ2v) is 6.28. The molecule has 2 N–H and O–H groups in total. The highest BCUT2D eigenvalue weighted by Gasteiger charge is 2.37. The first kappa shape index (κ1) is 19.4. The van der Waals surface area contributed by atoms with E-state index in [9.17, 15) is 19.1 Å². The average Bonchev–Trinajstić information content (AvgIpc) is 2.62. The van der Waals surface area contributed by atoms with Crippen LogP contribution in [-0.2, 0) is 15.1 Å². The molecule has 6 heteroatoms. The van der Waals surface area contributed by atoms with Crippen molar-refractivity contribution >= 4 is 11.9 Å². The van der Waals surface area contributed by atoms with Gasteiger partial charge in [0.05, 0.1) is 6.61 Å². The normalized spacial score (nSPS) is 14.1. The van der Waals surface area contributed by atoms with Crippen LogP contribution >= 0.6 is 0 Å². The highest BCUT2D eigenvalue weighted by Crippen LogP contribution is 2.23. The molecule has 0 aliphatic carbocycles. The van der Waals surface area contributed by atoms with Gasteiger partial charge in [-0.15, -0.1) is 0 Å². The first-order valence-corrected chi connectivity index (χ1v) is 8.32. The first-order chi connectivity index (χ1) is 12.3. The van der Waals surface area contributed by atoms with Crippen molar-refractivity contribution in [3.63, 3.8) is 0 Å². The molecule has 0 saturated carbocycles. The minimum absolute atomic E-state index is 0.299. The number of benzene rings is 2. The van der Waals surface area contributed by atoms with Crippen molar-refractivity contribution in [1.29, 1.82) is 0 Å². The average molecular weight is 359 g/mol. The van der Waals surface area contributed by atoms with Crippen molar-refractivity contribution in [2.24, 2.45) is 5.92 Å². The van der Waals surface area contributed by atoms with E-state index in [1.54, 1.807) is 6.92 Å². The summed E-state index contributed by atoms with van der Waals surface area (Å²) in [5, 5.41) is 12.1. The van der Waals surface area contributed by atoms with Crippen molar-refractivity contribution < 1.29 is 23.8 Å². The molecule has 5 nitrogen and oxygen atoms in total. The van der Waals surface area contributed by atoms with Crippen LogP contribution < -0.4 is 10.1 Å². The number of rotatable bonds is 8. The fourth-order valence-electron chi connectivity index (χ4n) is 2.40. The zero-order valence-electron chi connectivity index (χ0n) is 14.7. The van der Waals surface area contributed by atoms with Gasteiger partial charge in [-0.25, -0.2) is 9.18 Å². The molecule has 2 rings (SSSR count). The first-order valence-electron chi connectivity index (χ1n) is 8.32. The highest BCUT2D eigenvalue weighted by atomic mass is 19.1. The van der Waals surface area contributed by atoms with Gasteiger partial charge in [0.2, 0.25) is 5.91 Å². The Balaban J connectivity index is 1.98. The van der Waals surface area contributed by atoms with Crippen LogP contribution in [0, 0.1) is 11.7 Å². The minimum atomic E-state index is -1.64. The van der Waals surface area contributed by atoms with Crippen molar-refractivity contribution in [1.82, 2.24) is 5.32 Å². The monoisotopic (exact) mass is 359 g/mol. The molecule has 0 aliphatic heterocycles.